The Bertz CT molecular complexity index is 1120. The summed E-state index contributed by atoms with van der Waals surface area (Å²) in [6.45, 7) is 3.29. The highest BCUT2D eigenvalue weighted by molar-refractivity contribution is 7.91. The predicted molar refractivity (Wildman–Crippen MR) is 124 cm³/mol. The molecule has 1 aromatic heterocycles. The van der Waals surface area contributed by atoms with E-state index in [4.69, 9.17) is 4.74 Å². The number of nitrogens with one attached hydrogen (secondary N) is 1. The highest BCUT2D eigenvalue weighted by Gasteiger charge is 2.27. The predicted octanol–water partition coefficient (Wildman–Crippen LogP) is 2.60. The molecule has 2 aromatic rings. The molecular weight excluding hydrogens is 468 g/mol. The first-order chi connectivity index (χ1) is 15.9. The molecule has 4 rings (SSSR count). The second-order valence-electron chi connectivity index (χ2n) is 7.93. The Labute approximate surface area is 196 Å². The number of amides is 1. The van der Waals surface area contributed by atoms with Crippen LogP contribution in [0.15, 0.2) is 34.5 Å². The second kappa shape index (κ2) is 10.2. The maximum absolute atomic E-state index is 12.8. The van der Waals surface area contributed by atoms with Gasteiger partial charge in [0.15, 0.2) is 0 Å². The molecule has 2 saturated heterocycles. The number of hydrogen-bond acceptors (Lipinski definition) is 8. The van der Waals surface area contributed by atoms with Gasteiger partial charge in [-0.05, 0) is 37.1 Å². The molecule has 0 atom stereocenters. The molecule has 2 aliphatic rings. The number of nitro groups is 1. The van der Waals surface area contributed by atoms with Crippen LogP contribution >= 0.6 is 11.3 Å². The van der Waals surface area contributed by atoms with Gasteiger partial charge in [-0.15, -0.1) is 11.3 Å². The van der Waals surface area contributed by atoms with E-state index in [0.717, 1.165) is 30.6 Å². The van der Waals surface area contributed by atoms with Crippen molar-refractivity contribution in [1.82, 2.24) is 9.62 Å². The second-order valence-corrected chi connectivity index (χ2v) is 11.3. The summed E-state index contributed by atoms with van der Waals surface area (Å²) in [5.74, 6) is -0.458. The summed E-state index contributed by atoms with van der Waals surface area (Å²) in [5.41, 5.74) is 0.512. The van der Waals surface area contributed by atoms with E-state index in [-0.39, 0.29) is 22.0 Å². The van der Waals surface area contributed by atoms with Crippen LogP contribution in [0, 0.1) is 10.1 Å². The highest BCUT2D eigenvalue weighted by Crippen LogP contribution is 2.30. The molecule has 0 aliphatic carbocycles. The summed E-state index contributed by atoms with van der Waals surface area (Å²) >= 11 is 1.13. The Morgan fingerprint density at radius 1 is 1.09 bits per heavy atom. The van der Waals surface area contributed by atoms with Crippen LogP contribution in [0.3, 0.4) is 0 Å². The van der Waals surface area contributed by atoms with Crippen LogP contribution in [-0.4, -0.2) is 62.9 Å². The molecule has 0 radical (unpaired) electrons. The minimum Gasteiger partial charge on any atom is -0.378 e. The third-order valence-electron chi connectivity index (χ3n) is 5.76. The summed E-state index contributed by atoms with van der Waals surface area (Å²) in [7, 11) is -3.51. The third-order valence-corrected chi connectivity index (χ3v) is 9.21. The number of sulfonamides is 1. The van der Waals surface area contributed by atoms with Crippen molar-refractivity contribution in [2.45, 2.75) is 30.0 Å². The lowest BCUT2D eigenvalue weighted by Gasteiger charge is -2.28. The fourth-order valence-corrected chi connectivity index (χ4v) is 6.94. The number of nitro benzene ring substituents is 1. The van der Waals surface area contributed by atoms with Crippen LogP contribution in [0.5, 0.6) is 0 Å². The molecule has 1 amide bonds. The van der Waals surface area contributed by atoms with Crippen molar-refractivity contribution < 1.29 is 22.9 Å². The average Bonchev–Trinajstić information content (AvgIpc) is 3.33. The number of carbonyl (C=O) groups excluding carboxylic acids is 1. The van der Waals surface area contributed by atoms with E-state index >= 15 is 0 Å². The first-order valence-corrected chi connectivity index (χ1v) is 13.1. The van der Waals surface area contributed by atoms with E-state index in [2.05, 4.69) is 5.32 Å². The Hall–Kier alpha value is -2.54. The van der Waals surface area contributed by atoms with E-state index < -0.39 is 20.9 Å². The fraction of sp³-hybridized carbons (Fsp3) is 0.476. The van der Waals surface area contributed by atoms with Gasteiger partial charge in [-0.25, -0.2) is 8.42 Å². The van der Waals surface area contributed by atoms with Crippen LogP contribution < -0.4 is 10.2 Å². The van der Waals surface area contributed by atoms with E-state index in [1.165, 1.54) is 10.4 Å². The molecule has 2 aliphatic heterocycles. The number of morpholine rings is 1. The molecule has 0 spiro atoms. The topological polar surface area (TPSA) is 122 Å². The Kier molecular flexibility index (Phi) is 7.27. The van der Waals surface area contributed by atoms with Crippen molar-refractivity contribution in [2.75, 3.05) is 44.3 Å². The largest absolute Gasteiger partial charge is 0.378 e. The van der Waals surface area contributed by atoms with Gasteiger partial charge in [-0.2, -0.15) is 4.31 Å². The first kappa shape index (κ1) is 23.6. The summed E-state index contributed by atoms with van der Waals surface area (Å²) in [5, 5.41) is 14.3. The Morgan fingerprint density at radius 3 is 2.52 bits per heavy atom. The summed E-state index contributed by atoms with van der Waals surface area (Å²) in [4.78, 5) is 26.3. The zero-order chi connectivity index (χ0) is 23.4. The van der Waals surface area contributed by atoms with Crippen molar-refractivity contribution in [1.29, 1.82) is 0 Å². The number of nitrogens with zero attached hydrogens (tertiary/aromatic N) is 3. The van der Waals surface area contributed by atoms with E-state index in [0.29, 0.717) is 50.0 Å². The lowest BCUT2D eigenvalue weighted by molar-refractivity contribution is -0.384. The number of benzene rings is 1. The van der Waals surface area contributed by atoms with Gasteiger partial charge in [0.1, 0.15) is 9.90 Å². The molecule has 33 heavy (non-hydrogen) atoms. The Balaban J connectivity index is 1.43. The lowest BCUT2D eigenvalue weighted by Crippen LogP contribution is -2.36. The minimum absolute atomic E-state index is 0.129. The summed E-state index contributed by atoms with van der Waals surface area (Å²) < 4.78 is 32.7. The maximum Gasteiger partial charge on any atom is 0.293 e. The molecule has 10 nitrogen and oxygen atoms in total. The normalized spacial score (nSPS) is 17.6. The van der Waals surface area contributed by atoms with E-state index in [9.17, 15) is 23.3 Å². The van der Waals surface area contributed by atoms with Gasteiger partial charge in [0.2, 0.25) is 0 Å². The zero-order valence-electron chi connectivity index (χ0n) is 18.1. The van der Waals surface area contributed by atoms with Crippen molar-refractivity contribution in [3.8, 4) is 0 Å². The molecule has 178 valence electrons. The minimum atomic E-state index is -3.51. The van der Waals surface area contributed by atoms with Crippen LogP contribution in [0.4, 0.5) is 11.4 Å². The van der Waals surface area contributed by atoms with Crippen LogP contribution in [0.1, 0.15) is 34.5 Å². The Morgan fingerprint density at radius 2 is 1.82 bits per heavy atom. The number of piperidine rings is 1. The number of thiophene rings is 1. The number of carbonyl (C=O) groups is 1. The number of hydrogen-bond donors (Lipinski definition) is 1. The fourth-order valence-electron chi connectivity index (χ4n) is 3.98. The lowest BCUT2D eigenvalue weighted by atomic mass is 10.1. The smallest absolute Gasteiger partial charge is 0.293 e. The number of ether oxygens (including phenoxy) is 1. The van der Waals surface area contributed by atoms with Crippen LogP contribution in [0.25, 0.3) is 0 Å². The van der Waals surface area contributed by atoms with Crippen molar-refractivity contribution in [3.63, 3.8) is 0 Å². The van der Waals surface area contributed by atoms with Gasteiger partial charge in [0, 0.05) is 42.7 Å². The van der Waals surface area contributed by atoms with Gasteiger partial charge >= 0.3 is 0 Å². The zero-order valence-corrected chi connectivity index (χ0v) is 19.7. The molecular formula is C21H26N4O6S2. The van der Waals surface area contributed by atoms with E-state index in [1.54, 1.807) is 24.3 Å². The monoisotopic (exact) mass is 494 g/mol. The van der Waals surface area contributed by atoms with Crippen molar-refractivity contribution in [3.05, 3.63) is 50.9 Å². The van der Waals surface area contributed by atoms with E-state index in [1.807, 2.05) is 4.90 Å². The third kappa shape index (κ3) is 5.35. The molecule has 1 N–H and O–H groups in total. The van der Waals surface area contributed by atoms with Gasteiger partial charge in [0.25, 0.3) is 21.6 Å². The standard InChI is InChI=1S/C21H26N4O6S2/c26-21(16-4-6-18(19(14-16)25(27)28)23-10-12-31-13-11-23)22-15-17-5-7-20(32-17)33(29,30)24-8-2-1-3-9-24/h4-7,14H,1-3,8-13,15H2,(H,22,26). The van der Waals surface area contributed by atoms with Gasteiger partial charge in [-0.3, -0.25) is 14.9 Å². The molecule has 2 fully saturated rings. The molecule has 1 aromatic carbocycles. The van der Waals surface area contributed by atoms with Crippen LogP contribution in [0.2, 0.25) is 0 Å². The van der Waals surface area contributed by atoms with Crippen molar-refractivity contribution in [2.24, 2.45) is 0 Å². The first-order valence-electron chi connectivity index (χ1n) is 10.8. The summed E-state index contributed by atoms with van der Waals surface area (Å²) in [6, 6.07) is 7.69. The van der Waals surface area contributed by atoms with Crippen molar-refractivity contribution >= 4 is 38.6 Å². The van der Waals surface area contributed by atoms with Crippen LogP contribution in [-0.2, 0) is 21.3 Å². The van der Waals surface area contributed by atoms with Gasteiger partial charge in [0.05, 0.1) is 24.7 Å². The summed E-state index contributed by atoms with van der Waals surface area (Å²) in [6.07, 6.45) is 2.77. The molecule has 12 heteroatoms. The molecule has 3 heterocycles. The number of anilines is 1. The molecule has 0 bridgehead atoms. The molecule has 0 saturated carbocycles. The maximum atomic E-state index is 12.8. The van der Waals surface area contributed by atoms with Gasteiger partial charge < -0.3 is 15.0 Å². The SMILES string of the molecule is O=C(NCc1ccc(S(=O)(=O)N2CCCCC2)s1)c1ccc(N2CCOCC2)c([N+](=O)[O-])c1. The number of rotatable bonds is 7. The highest BCUT2D eigenvalue weighted by atomic mass is 32.2. The molecule has 0 unspecified atom stereocenters. The quantitative estimate of drug-likeness (QED) is 0.464. The average molecular weight is 495 g/mol. The van der Waals surface area contributed by atoms with Gasteiger partial charge in [-0.1, -0.05) is 6.42 Å².